The lowest BCUT2D eigenvalue weighted by Crippen LogP contribution is -2.35. The predicted molar refractivity (Wildman–Crippen MR) is 121 cm³/mol. The van der Waals surface area contributed by atoms with Crippen molar-refractivity contribution in [1.29, 1.82) is 0 Å². The first-order valence-electron chi connectivity index (χ1n) is 9.36. The van der Waals surface area contributed by atoms with Crippen LogP contribution in [0.25, 0.3) is 10.6 Å². The average molecular weight is 479 g/mol. The van der Waals surface area contributed by atoms with Gasteiger partial charge in [-0.1, -0.05) is 52.8 Å². The van der Waals surface area contributed by atoms with Gasteiger partial charge < -0.3 is 4.74 Å². The van der Waals surface area contributed by atoms with Crippen LogP contribution in [0.3, 0.4) is 0 Å². The minimum atomic E-state index is -3.58. The molecule has 3 aromatic rings. The minimum Gasteiger partial charge on any atom is -0.478 e. The van der Waals surface area contributed by atoms with Gasteiger partial charge in [0.15, 0.2) is 6.10 Å². The zero-order valence-corrected chi connectivity index (χ0v) is 19.1. The van der Waals surface area contributed by atoms with Crippen LogP contribution in [0, 0.1) is 6.92 Å². The van der Waals surface area contributed by atoms with Gasteiger partial charge in [0.05, 0.1) is 11.9 Å². The normalized spacial score (nSPS) is 16.2. The number of nitrogens with zero attached hydrogens (tertiary/aromatic N) is 3. The van der Waals surface area contributed by atoms with Gasteiger partial charge in [-0.2, -0.15) is 0 Å². The number of halogens is 1. The molecule has 31 heavy (non-hydrogen) atoms. The molecule has 162 valence electrons. The van der Waals surface area contributed by atoms with Crippen molar-refractivity contribution in [2.24, 2.45) is 0 Å². The third kappa shape index (κ3) is 4.81. The highest BCUT2D eigenvalue weighted by Gasteiger charge is 2.31. The zero-order valence-electron chi connectivity index (χ0n) is 16.7. The fourth-order valence-corrected chi connectivity index (χ4v) is 5.01. The largest absolute Gasteiger partial charge is 0.478 e. The molecule has 1 atom stereocenters. The number of carbonyl (C=O) groups is 1. The number of anilines is 2. The first-order valence-corrected chi connectivity index (χ1v) is 12.4. The van der Waals surface area contributed by atoms with Gasteiger partial charge >= 0.3 is 0 Å². The summed E-state index contributed by atoms with van der Waals surface area (Å²) < 4.78 is 31.6. The maximum Gasteiger partial charge on any atom is 0.267 e. The molecule has 0 bridgehead atoms. The highest BCUT2D eigenvalue weighted by molar-refractivity contribution is 7.92. The molecule has 4 rings (SSSR count). The van der Waals surface area contributed by atoms with E-state index in [1.807, 2.05) is 31.2 Å². The molecule has 0 radical (unpaired) electrons. The second kappa shape index (κ2) is 8.45. The van der Waals surface area contributed by atoms with Crippen LogP contribution in [0.15, 0.2) is 42.5 Å². The molecule has 1 aliphatic heterocycles. The Bertz CT molecular complexity index is 1230. The van der Waals surface area contributed by atoms with Gasteiger partial charge in [-0.3, -0.25) is 14.4 Å². The Morgan fingerprint density at radius 1 is 1.23 bits per heavy atom. The van der Waals surface area contributed by atoms with Crippen LogP contribution in [-0.4, -0.2) is 43.4 Å². The van der Waals surface area contributed by atoms with Crippen LogP contribution >= 0.6 is 22.9 Å². The molecule has 1 amide bonds. The molecule has 1 aromatic heterocycles. The monoisotopic (exact) mass is 478 g/mol. The lowest BCUT2D eigenvalue weighted by atomic mass is 10.2. The number of ether oxygens (including phenoxy) is 1. The van der Waals surface area contributed by atoms with E-state index in [1.165, 1.54) is 21.7 Å². The van der Waals surface area contributed by atoms with E-state index >= 15 is 0 Å². The van der Waals surface area contributed by atoms with Gasteiger partial charge in [0.1, 0.15) is 10.8 Å². The van der Waals surface area contributed by atoms with Crippen molar-refractivity contribution in [2.45, 2.75) is 19.4 Å². The van der Waals surface area contributed by atoms with E-state index in [4.69, 9.17) is 16.3 Å². The van der Waals surface area contributed by atoms with Crippen molar-refractivity contribution in [1.82, 2.24) is 10.2 Å². The van der Waals surface area contributed by atoms with E-state index < -0.39 is 22.0 Å². The molecule has 0 unspecified atom stereocenters. The number of aromatic nitrogens is 2. The van der Waals surface area contributed by atoms with Crippen LogP contribution in [0.5, 0.6) is 5.75 Å². The average Bonchev–Trinajstić information content (AvgIpc) is 3.07. The Labute approximate surface area is 188 Å². The summed E-state index contributed by atoms with van der Waals surface area (Å²) in [6, 6.07) is 12.5. The number of benzene rings is 2. The molecule has 0 saturated carbocycles. The van der Waals surface area contributed by atoms with Crippen molar-refractivity contribution < 1.29 is 17.9 Å². The lowest BCUT2D eigenvalue weighted by Gasteiger charge is -2.21. The number of fused-ring (bicyclic) bond motifs is 1. The van der Waals surface area contributed by atoms with E-state index in [1.54, 1.807) is 12.1 Å². The highest BCUT2D eigenvalue weighted by atomic mass is 35.5. The van der Waals surface area contributed by atoms with E-state index in [0.717, 1.165) is 17.4 Å². The van der Waals surface area contributed by atoms with Crippen molar-refractivity contribution in [3.05, 3.63) is 53.1 Å². The second-order valence-electron chi connectivity index (χ2n) is 7.11. The third-order valence-electron chi connectivity index (χ3n) is 4.70. The number of nitrogens with one attached hydrogen (secondary N) is 1. The first-order chi connectivity index (χ1) is 14.7. The van der Waals surface area contributed by atoms with Crippen LogP contribution in [0.1, 0.15) is 12.0 Å². The lowest BCUT2D eigenvalue weighted by molar-refractivity contribution is -0.122. The molecule has 0 aliphatic carbocycles. The first kappa shape index (κ1) is 21.5. The van der Waals surface area contributed by atoms with Gasteiger partial charge in [0.25, 0.3) is 5.91 Å². The van der Waals surface area contributed by atoms with Crippen molar-refractivity contribution in [3.8, 4) is 16.3 Å². The molecule has 2 heterocycles. The molecular weight excluding hydrogens is 460 g/mol. The Morgan fingerprint density at radius 2 is 1.97 bits per heavy atom. The number of carbonyl (C=O) groups excluding carboxylic acids is 1. The zero-order chi connectivity index (χ0) is 22.2. The summed E-state index contributed by atoms with van der Waals surface area (Å²) in [5.74, 6) is -0.159. The molecule has 8 nitrogen and oxygen atoms in total. The van der Waals surface area contributed by atoms with Crippen molar-refractivity contribution >= 4 is 49.7 Å². The fraction of sp³-hybridized carbons (Fsp3) is 0.250. The number of sulfonamides is 1. The predicted octanol–water partition coefficient (Wildman–Crippen LogP) is 3.72. The minimum absolute atomic E-state index is 0.0784. The summed E-state index contributed by atoms with van der Waals surface area (Å²) in [5.41, 5.74) is 2.35. The Hall–Kier alpha value is -2.69. The smallest absolute Gasteiger partial charge is 0.267 e. The van der Waals surface area contributed by atoms with Crippen molar-refractivity contribution in [2.75, 3.05) is 22.4 Å². The summed E-state index contributed by atoms with van der Waals surface area (Å²) in [7, 11) is -3.58. The third-order valence-corrected chi connectivity index (χ3v) is 7.00. The molecule has 11 heteroatoms. The molecule has 0 fully saturated rings. The summed E-state index contributed by atoms with van der Waals surface area (Å²) in [4.78, 5) is 12.9. The van der Waals surface area contributed by atoms with Gasteiger partial charge in [-0.25, -0.2) is 8.42 Å². The molecule has 2 aromatic carbocycles. The number of aryl methyl sites for hydroxylation is 1. The Balaban J connectivity index is 1.53. The molecule has 1 N–H and O–H groups in total. The van der Waals surface area contributed by atoms with Gasteiger partial charge in [-0.15, -0.1) is 10.2 Å². The van der Waals surface area contributed by atoms with E-state index in [0.29, 0.717) is 20.8 Å². The number of rotatable bonds is 4. The summed E-state index contributed by atoms with van der Waals surface area (Å²) in [6.45, 7) is 2.08. The van der Waals surface area contributed by atoms with Gasteiger partial charge in [0.2, 0.25) is 15.2 Å². The fourth-order valence-electron chi connectivity index (χ4n) is 3.15. The van der Waals surface area contributed by atoms with Crippen LogP contribution in [0.2, 0.25) is 5.02 Å². The van der Waals surface area contributed by atoms with Crippen LogP contribution < -0.4 is 14.4 Å². The van der Waals surface area contributed by atoms with E-state index in [9.17, 15) is 13.2 Å². The van der Waals surface area contributed by atoms with Crippen LogP contribution in [0.4, 0.5) is 10.8 Å². The van der Waals surface area contributed by atoms with Gasteiger partial charge in [0, 0.05) is 23.6 Å². The Morgan fingerprint density at radius 3 is 2.68 bits per heavy atom. The van der Waals surface area contributed by atoms with E-state index in [-0.39, 0.29) is 18.7 Å². The molecular formula is C20H19ClN4O4S2. The van der Waals surface area contributed by atoms with E-state index in [2.05, 4.69) is 15.5 Å². The number of hydrogen-bond donors (Lipinski definition) is 1. The van der Waals surface area contributed by atoms with Crippen molar-refractivity contribution in [3.63, 3.8) is 0 Å². The standard InChI is InChI=1S/C20H19ClN4O4S2/c1-12-3-5-13(6-4-12)19-23-24-20(30-19)22-18(26)17-9-10-25(31(2,27)28)15-11-14(21)7-8-16(15)29-17/h3-8,11,17H,9-10H2,1-2H3,(H,22,24,26)/t17-/m1/s1. The van der Waals surface area contributed by atoms with Crippen LogP contribution in [-0.2, 0) is 14.8 Å². The Kier molecular flexibility index (Phi) is 5.87. The maximum absolute atomic E-state index is 12.9. The molecule has 1 aliphatic rings. The summed E-state index contributed by atoms with van der Waals surface area (Å²) in [6.07, 6.45) is 0.360. The maximum atomic E-state index is 12.9. The van der Waals surface area contributed by atoms with Gasteiger partial charge in [-0.05, 0) is 25.1 Å². The number of amides is 1. The number of hydrogen-bond acceptors (Lipinski definition) is 7. The molecule has 0 spiro atoms. The molecule has 0 saturated heterocycles. The quantitative estimate of drug-likeness (QED) is 0.613. The summed E-state index contributed by atoms with van der Waals surface area (Å²) >= 11 is 7.29. The second-order valence-corrected chi connectivity index (χ2v) is 10.4. The topological polar surface area (TPSA) is 101 Å². The SMILES string of the molecule is Cc1ccc(-c2nnc(NC(=O)[C@H]3CCN(S(C)(=O)=O)c4cc(Cl)ccc4O3)s2)cc1. The summed E-state index contributed by atoms with van der Waals surface area (Å²) in [5, 5.41) is 12.3. The highest BCUT2D eigenvalue weighted by Crippen LogP contribution is 2.36.